The summed E-state index contributed by atoms with van der Waals surface area (Å²) in [6.07, 6.45) is 3.47. The third-order valence-corrected chi connectivity index (χ3v) is 2.29. The van der Waals surface area contributed by atoms with E-state index in [0.29, 0.717) is 13.2 Å². The minimum absolute atomic E-state index is 0. The molecule has 2 N–H and O–H groups in total. The molecule has 0 fully saturated rings. The van der Waals surface area contributed by atoms with Gasteiger partial charge < -0.3 is 15.2 Å². The highest BCUT2D eigenvalue weighted by atomic mass is 16.5. The minimum Gasteiger partial charge on any atom is -0.381 e. The molecule has 0 aliphatic heterocycles. The lowest BCUT2D eigenvalue weighted by molar-refractivity contribution is 0.124. The molecular weight excluding hydrogens is 238 g/mol. The van der Waals surface area contributed by atoms with Crippen LogP contribution in [-0.2, 0) is 9.47 Å². The molecule has 0 aliphatic carbocycles. The van der Waals surface area contributed by atoms with E-state index in [2.05, 4.69) is 34.6 Å². The summed E-state index contributed by atoms with van der Waals surface area (Å²) in [7, 11) is 0. The normalized spacial score (nSPS) is 10.1. The van der Waals surface area contributed by atoms with Crippen molar-refractivity contribution in [2.75, 3.05) is 33.0 Å². The molecule has 0 spiro atoms. The molecule has 0 aliphatic rings. The molecular formula is C16H39NO2. The molecule has 0 atom stereocenters. The molecule has 0 heterocycles. The second-order valence-corrected chi connectivity index (χ2v) is 5.38. The highest BCUT2D eigenvalue weighted by molar-refractivity contribution is 4.42. The molecule has 0 rings (SSSR count). The fourth-order valence-electron chi connectivity index (χ4n) is 1.07. The summed E-state index contributed by atoms with van der Waals surface area (Å²) in [4.78, 5) is 0. The van der Waals surface area contributed by atoms with Crippen LogP contribution in [0.1, 0.15) is 61.3 Å². The van der Waals surface area contributed by atoms with Gasteiger partial charge in [0.15, 0.2) is 0 Å². The number of nitrogens with two attached hydrogens (primary N) is 1. The first kappa shape index (κ1) is 23.9. The monoisotopic (exact) mass is 277 g/mol. The smallest absolute Gasteiger partial charge is 0.0588 e. The lowest BCUT2D eigenvalue weighted by Gasteiger charge is -2.03. The Bertz CT molecular complexity index is 123. The standard InChI is InChI=1S/C8H18O.C7H17NO.CH4/c1-4-6-9-7-5-8(2)3;1-7(2)3-5-9-6-4-8;/h8H,4-7H2,1-3H3;7H,3-6,8H2,1-2H3;1H4. The molecule has 0 aromatic rings. The van der Waals surface area contributed by atoms with Gasteiger partial charge in [0, 0.05) is 26.4 Å². The summed E-state index contributed by atoms with van der Waals surface area (Å²) in [5, 5.41) is 0. The Morgan fingerprint density at radius 2 is 1.21 bits per heavy atom. The molecule has 3 heteroatoms. The van der Waals surface area contributed by atoms with E-state index in [0.717, 1.165) is 44.5 Å². The van der Waals surface area contributed by atoms with Crippen molar-refractivity contribution in [3.8, 4) is 0 Å². The van der Waals surface area contributed by atoms with Crippen molar-refractivity contribution in [3.63, 3.8) is 0 Å². The molecule has 0 radical (unpaired) electrons. The molecule has 0 aromatic heterocycles. The zero-order chi connectivity index (χ0) is 14.2. The fourth-order valence-corrected chi connectivity index (χ4v) is 1.07. The van der Waals surface area contributed by atoms with E-state index in [4.69, 9.17) is 15.2 Å². The van der Waals surface area contributed by atoms with Crippen LogP contribution in [0.25, 0.3) is 0 Å². The van der Waals surface area contributed by atoms with Gasteiger partial charge in [0.1, 0.15) is 0 Å². The second kappa shape index (κ2) is 20.2. The third-order valence-electron chi connectivity index (χ3n) is 2.29. The van der Waals surface area contributed by atoms with E-state index < -0.39 is 0 Å². The summed E-state index contributed by atoms with van der Waals surface area (Å²) in [6, 6.07) is 0. The van der Waals surface area contributed by atoms with Crippen LogP contribution in [0.2, 0.25) is 0 Å². The molecule has 19 heavy (non-hydrogen) atoms. The van der Waals surface area contributed by atoms with Crippen LogP contribution in [0.5, 0.6) is 0 Å². The highest BCUT2D eigenvalue weighted by Gasteiger charge is 1.92. The molecule has 0 saturated carbocycles. The predicted molar refractivity (Wildman–Crippen MR) is 86.6 cm³/mol. The van der Waals surface area contributed by atoms with Crippen molar-refractivity contribution < 1.29 is 9.47 Å². The lowest BCUT2D eigenvalue weighted by Crippen LogP contribution is -2.09. The van der Waals surface area contributed by atoms with E-state index in [-0.39, 0.29) is 7.43 Å². The van der Waals surface area contributed by atoms with Crippen LogP contribution in [0.15, 0.2) is 0 Å². The van der Waals surface area contributed by atoms with E-state index in [1.807, 2.05) is 0 Å². The Morgan fingerprint density at radius 3 is 1.53 bits per heavy atom. The van der Waals surface area contributed by atoms with Gasteiger partial charge in [-0.15, -0.1) is 0 Å². The first-order valence-corrected chi connectivity index (χ1v) is 7.40. The Labute approximate surface area is 122 Å². The van der Waals surface area contributed by atoms with Crippen LogP contribution in [-0.4, -0.2) is 33.0 Å². The molecule has 0 saturated heterocycles. The summed E-state index contributed by atoms with van der Waals surface area (Å²) < 4.78 is 10.5. The lowest BCUT2D eigenvalue weighted by atomic mass is 10.1. The number of hydrogen-bond donors (Lipinski definition) is 1. The summed E-state index contributed by atoms with van der Waals surface area (Å²) >= 11 is 0. The van der Waals surface area contributed by atoms with E-state index in [1.165, 1.54) is 6.42 Å². The zero-order valence-electron chi connectivity index (χ0n) is 13.2. The van der Waals surface area contributed by atoms with Gasteiger partial charge in [0.05, 0.1) is 6.61 Å². The van der Waals surface area contributed by atoms with Gasteiger partial charge in [-0.2, -0.15) is 0 Å². The fraction of sp³-hybridized carbons (Fsp3) is 1.00. The summed E-state index contributed by atoms with van der Waals surface area (Å²) in [5.74, 6) is 1.52. The van der Waals surface area contributed by atoms with Gasteiger partial charge in [0.25, 0.3) is 0 Å². The highest BCUT2D eigenvalue weighted by Crippen LogP contribution is 1.98. The van der Waals surface area contributed by atoms with Crippen molar-refractivity contribution >= 4 is 0 Å². The van der Waals surface area contributed by atoms with Gasteiger partial charge in [-0.1, -0.05) is 42.0 Å². The molecule has 120 valence electrons. The minimum atomic E-state index is 0. The van der Waals surface area contributed by atoms with E-state index >= 15 is 0 Å². The maximum Gasteiger partial charge on any atom is 0.0588 e. The van der Waals surface area contributed by atoms with Crippen molar-refractivity contribution in [1.82, 2.24) is 0 Å². The maximum absolute atomic E-state index is 5.29. The molecule has 0 bridgehead atoms. The van der Waals surface area contributed by atoms with Gasteiger partial charge in [-0.25, -0.2) is 0 Å². The van der Waals surface area contributed by atoms with Crippen LogP contribution in [0, 0.1) is 11.8 Å². The van der Waals surface area contributed by atoms with Crippen LogP contribution in [0.3, 0.4) is 0 Å². The first-order valence-electron chi connectivity index (χ1n) is 7.40. The van der Waals surface area contributed by atoms with Gasteiger partial charge in [0.2, 0.25) is 0 Å². The number of ether oxygens (including phenoxy) is 2. The Kier molecular flexibility index (Phi) is 25.5. The van der Waals surface area contributed by atoms with Crippen molar-refractivity contribution in [2.24, 2.45) is 17.6 Å². The average molecular weight is 277 g/mol. The first-order chi connectivity index (χ1) is 8.54. The Balaban J connectivity index is -0.000000256. The molecule has 0 amide bonds. The van der Waals surface area contributed by atoms with Crippen molar-refractivity contribution in [2.45, 2.75) is 61.3 Å². The maximum atomic E-state index is 5.29. The Morgan fingerprint density at radius 1 is 0.789 bits per heavy atom. The second-order valence-electron chi connectivity index (χ2n) is 5.38. The summed E-state index contributed by atoms with van der Waals surface area (Å²) in [5.41, 5.74) is 5.22. The van der Waals surface area contributed by atoms with Gasteiger partial charge in [-0.05, 0) is 31.1 Å². The third kappa shape index (κ3) is 31.9. The van der Waals surface area contributed by atoms with Crippen LogP contribution >= 0.6 is 0 Å². The SMILES string of the molecule is C.CC(C)CCOCCN.CCCOCCC(C)C. The number of hydrogen-bond acceptors (Lipinski definition) is 3. The topological polar surface area (TPSA) is 44.5 Å². The van der Waals surface area contributed by atoms with Crippen LogP contribution in [0.4, 0.5) is 0 Å². The van der Waals surface area contributed by atoms with Crippen LogP contribution < -0.4 is 5.73 Å². The van der Waals surface area contributed by atoms with Gasteiger partial charge in [-0.3, -0.25) is 0 Å². The average Bonchev–Trinajstić information content (AvgIpc) is 2.31. The summed E-state index contributed by atoms with van der Waals surface area (Å²) in [6.45, 7) is 15.0. The van der Waals surface area contributed by atoms with E-state index in [9.17, 15) is 0 Å². The zero-order valence-corrected chi connectivity index (χ0v) is 13.2. The predicted octanol–water partition coefficient (Wildman–Crippen LogP) is 4.10. The van der Waals surface area contributed by atoms with Crippen molar-refractivity contribution in [1.29, 1.82) is 0 Å². The van der Waals surface area contributed by atoms with Gasteiger partial charge >= 0.3 is 0 Å². The molecule has 0 unspecified atom stereocenters. The quantitative estimate of drug-likeness (QED) is 0.611. The van der Waals surface area contributed by atoms with E-state index in [1.54, 1.807) is 0 Å². The van der Waals surface area contributed by atoms with Crippen molar-refractivity contribution in [3.05, 3.63) is 0 Å². The largest absolute Gasteiger partial charge is 0.381 e. The number of rotatable bonds is 10. The molecule has 0 aromatic carbocycles. The Hall–Kier alpha value is -0.120. The molecule has 3 nitrogen and oxygen atoms in total.